The first-order valence-corrected chi connectivity index (χ1v) is 8.58. The lowest BCUT2D eigenvalue weighted by atomic mass is 10.1. The summed E-state index contributed by atoms with van der Waals surface area (Å²) in [6.07, 6.45) is -0.488. The number of cyclic esters (lactones) is 1. The van der Waals surface area contributed by atoms with Gasteiger partial charge in [0.1, 0.15) is 12.4 Å². The fourth-order valence-electron chi connectivity index (χ4n) is 2.43. The molecule has 1 amide bonds. The fraction of sp³-hybridized carbons (Fsp3) is 0.188. The van der Waals surface area contributed by atoms with Gasteiger partial charge in [-0.1, -0.05) is 0 Å². The zero-order chi connectivity index (χ0) is 17.5. The van der Waals surface area contributed by atoms with Crippen molar-refractivity contribution in [3.8, 4) is 0 Å². The van der Waals surface area contributed by atoms with E-state index in [0.29, 0.717) is 16.8 Å². The molecule has 0 bridgehead atoms. The van der Waals surface area contributed by atoms with E-state index in [2.05, 4.69) is 4.72 Å². The lowest BCUT2D eigenvalue weighted by molar-refractivity contribution is 0.143. The number of sulfonamides is 1. The Labute approximate surface area is 138 Å². The second kappa shape index (κ2) is 5.79. The van der Waals surface area contributed by atoms with Gasteiger partial charge in [0.25, 0.3) is 10.0 Å². The van der Waals surface area contributed by atoms with E-state index in [1.54, 1.807) is 20.0 Å². The van der Waals surface area contributed by atoms with Crippen LogP contribution in [0.3, 0.4) is 0 Å². The smallest absolute Gasteiger partial charge is 0.414 e. The molecule has 0 spiro atoms. The molecule has 0 aliphatic carbocycles. The van der Waals surface area contributed by atoms with Crippen molar-refractivity contribution in [2.24, 2.45) is 0 Å². The van der Waals surface area contributed by atoms with Crippen LogP contribution in [0, 0.1) is 12.7 Å². The number of nitrogens with zero attached hydrogens (tertiary/aromatic N) is 1. The van der Waals surface area contributed by atoms with Gasteiger partial charge in [-0.3, -0.25) is 9.62 Å². The van der Waals surface area contributed by atoms with E-state index >= 15 is 0 Å². The number of aryl methyl sites for hydroxylation is 1. The Kier molecular flexibility index (Phi) is 3.92. The van der Waals surface area contributed by atoms with Crippen molar-refractivity contribution in [2.75, 3.05) is 16.7 Å². The van der Waals surface area contributed by atoms with Crippen LogP contribution < -0.4 is 9.62 Å². The minimum absolute atomic E-state index is 0.0114. The predicted octanol–water partition coefficient (Wildman–Crippen LogP) is 3.02. The largest absolute Gasteiger partial charge is 0.444 e. The molecule has 24 heavy (non-hydrogen) atoms. The topological polar surface area (TPSA) is 75.7 Å². The van der Waals surface area contributed by atoms with Gasteiger partial charge in [-0.2, -0.15) is 0 Å². The molecular formula is C16H15FN2O4S. The van der Waals surface area contributed by atoms with Crippen molar-refractivity contribution in [1.82, 2.24) is 0 Å². The molecule has 126 valence electrons. The second-order valence-electron chi connectivity index (χ2n) is 5.47. The maximum atomic E-state index is 13.3. The summed E-state index contributed by atoms with van der Waals surface area (Å²) < 4.78 is 45.7. The molecule has 2 aromatic carbocycles. The SMILES string of the molecule is Cc1cc(NS(=O)(=O)c2ccc3c(c2)COC(=O)N3C)ccc1F. The molecule has 1 aliphatic rings. The van der Waals surface area contributed by atoms with Crippen LogP contribution in [-0.4, -0.2) is 21.6 Å². The molecule has 0 saturated heterocycles. The second-order valence-corrected chi connectivity index (χ2v) is 7.16. The Balaban J connectivity index is 1.93. The van der Waals surface area contributed by atoms with Crippen molar-refractivity contribution >= 4 is 27.5 Å². The van der Waals surface area contributed by atoms with Gasteiger partial charge < -0.3 is 4.74 Å². The summed E-state index contributed by atoms with van der Waals surface area (Å²) in [5.74, 6) is -0.406. The summed E-state index contributed by atoms with van der Waals surface area (Å²) in [6.45, 7) is 1.56. The number of hydrogen-bond acceptors (Lipinski definition) is 4. The molecule has 1 heterocycles. The first kappa shape index (κ1) is 16.3. The molecule has 0 unspecified atom stereocenters. The summed E-state index contributed by atoms with van der Waals surface area (Å²) >= 11 is 0. The highest BCUT2D eigenvalue weighted by atomic mass is 32.2. The van der Waals surface area contributed by atoms with E-state index in [-0.39, 0.29) is 17.2 Å². The number of amides is 1. The van der Waals surface area contributed by atoms with Crippen molar-refractivity contribution in [2.45, 2.75) is 18.4 Å². The molecule has 0 saturated carbocycles. The Morgan fingerprint density at radius 2 is 1.96 bits per heavy atom. The van der Waals surface area contributed by atoms with E-state index < -0.39 is 21.9 Å². The van der Waals surface area contributed by atoms with Gasteiger partial charge in [-0.05, 0) is 48.9 Å². The van der Waals surface area contributed by atoms with E-state index in [0.717, 1.165) is 0 Å². The van der Waals surface area contributed by atoms with Crippen LogP contribution in [0.1, 0.15) is 11.1 Å². The molecule has 1 aliphatic heterocycles. The molecule has 8 heteroatoms. The predicted molar refractivity (Wildman–Crippen MR) is 87.0 cm³/mol. The van der Waals surface area contributed by atoms with Gasteiger partial charge in [0.2, 0.25) is 0 Å². The number of rotatable bonds is 3. The average molecular weight is 350 g/mol. The highest BCUT2D eigenvalue weighted by Gasteiger charge is 2.24. The third kappa shape index (κ3) is 2.92. The van der Waals surface area contributed by atoms with Crippen LogP contribution in [0.15, 0.2) is 41.3 Å². The highest BCUT2D eigenvalue weighted by molar-refractivity contribution is 7.92. The van der Waals surface area contributed by atoms with Gasteiger partial charge in [0.05, 0.1) is 10.6 Å². The molecule has 2 aromatic rings. The van der Waals surface area contributed by atoms with Gasteiger partial charge in [0.15, 0.2) is 0 Å². The number of carbonyl (C=O) groups excluding carboxylic acids is 1. The average Bonchev–Trinajstić information content (AvgIpc) is 2.54. The fourth-order valence-corrected chi connectivity index (χ4v) is 3.53. The van der Waals surface area contributed by atoms with Crippen LogP contribution >= 0.6 is 0 Å². The zero-order valence-corrected chi connectivity index (χ0v) is 13.9. The normalized spacial score (nSPS) is 14.1. The number of ether oxygens (including phenoxy) is 1. The minimum Gasteiger partial charge on any atom is -0.444 e. The number of carbonyl (C=O) groups is 1. The third-order valence-corrected chi connectivity index (χ3v) is 5.14. The molecule has 1 N–H and O–H groups in total. The monoisotopic (exact) mass is 350 g/mol. The van der Waals surface area contributed by atoms with Crippen molar-refractivity contribution in [1.29, 1.82) is 0 Å². The van der Waals surface area contributed by atoms with E-state index in [4.69, 9.17) is 4.74 Å². The first-order chi connectivity index (χ1) is 11.3. The van der Waals surface area contributed by atoms with E-state index in [9.17, 15) is 17.6 Å². The van der Waals surface area contributed by atoms with E-state index in [1.807, 2.05) is 0 Å². The molecule has 0 atom stereocenters. The minimum atomic E-state index is -3.84. The molecule has 0 aromatic heterocycles. The maximum Gasteiger partial charge on any atom is 0.414 e. The van der Waals surface area contributed by atoms with Gasteiger partial charge in [-0.25, -0.2) is 17.6 Å². The number of benzene rings is 2. The summed E-state index contributed by atoms with van der Waals surface area (Å²) in [4.78, 5) is 12.8. The Bertz CT molecular complexity index is 928. The summed E-state index contributed by atoms with van der Waals surface area (Å²) in [5, 5.41) is 0. The number of anilines is 2. The van der Waals surface area contributed by atoms with E-state index in [1.165, 1.54) is 35.2 Å². The first-order valence-electron chi connectivity index (χ1n) is 7.10. The molecule has 0 fully saturated rings. The summed E-state index contributed by atoms with van der Waals surface area (Å²) in [5.41, 5.74) is 1.81. The number of nitrogens with one attached hydrogen (secondary N) is 1. The standard InChI is InChI=1S/C16H15FN2O4S/c1-10-7-12(3-5-14(10)17)18-24(21,22)13-4-6-15-11(8-13)9-23-16(20)19(15)2/h3-8,18H,9H2,1-2H3. The summed E-state index contributed by atoms with van der Waals surface area (Å²) in [7, 11) is -2.29. The Morgan fingerprint density at radius 1 is 1.21 bits per heavy atom. The lowest BCUT2D eigenvalue weighted by Gasteiger charge is -2.25. The number of halogens is 1. The zero-order valence-electron chi connectivity index (χ0n) is 13.0. The maximum absolute atomic E-state index is 13.3. The van der Waals surface area contributed by atoms with Crippen molar-refractivity contribution in [3.05, 3.63) is 53.3 Å². The number of fused-ring (bicyclic) bond motifs is 1. The van der Waals surface area contributed by atoms with Gasteiger partial charge in [0, 0.05) is 18.3 Å². The third-order valence-electron chi connectivity index (χ3n) is 3.76. The van der Waals surface area contributed by atoms with Crippen LogP contribution in [0.2, 0.25) is 0 Å². The van der Waals surface area contributed by atoms with Gasteiger partial charge >= 0.3 is 6.09 Å². The molecule has 3 rings (SSSR count). The summed E-state index contributed by atoms with van der Waals surface area (Å²) in [6, 6.07) is 8.40. The molecule has 0 radical (unpaired) electrons. The van der Waals surface area contributed by atoms with Crippen LogP contribution in [0.25, 0.3) is 0 Å². The van der Waals surface area contributed by atoms with Crippen LogP contribution in [-0.2, 0) is 21.4 Å². The Morgan fingerprint density at radius 3 is 2.67 bits per heavy atom. The van der Waals surface area contributed by atoms with Crippen molar-refractivity contribution in [3.63, 3.8) is 0 Å². The van der Waals surface area contributed by atoms with Crippen LogP contribution in [0.4, 0.5) is 20.6 Å². The van der Waals surface area contributed by atoms with Crippen molar-refractivity contribution < 1.29 is 22.3 Å². The van der Waals surface area contributed by atoms with Gasteiger partial charge in [-0.15, -0.1) is 0 Å². The lowest BCUT2D eigenvalue weighted by Crippen LogP contribution is -2.32. The van der Waals surface area contributed by atoms with Crippen LogP contribution in [0.5, 0.6) is 0 Å². The molecule has 6 nitrogen and oxygen atoms in total. The highest BCUT2D eigenvalue weighted by Crippen LogP contribution is 2.29. The molecular weight excluding hydrogens is 335 g/mol. The number of hydrogen-bond donors (Lipinski definition) is 1. The Hall–Kier alpha value is -2.61. The quantitative estimate of drug-likeness (QED) is 0.923.